The minimum Gasteiger partial charge on any atom is -0.330 e. The van der Waals surface area contributed by atoms with Gasteiger partial charge in [-0.25, -0.2) is 13.5 Å². The van der Waals surface area contributed by atoms with Crippen molar-refractivity contribution in [1.82, 2.24) is 9.78 Å². The van der Waals surface area contributed by atoms with Gasteiger partial charge in [0, 0.05) is 12.0 Å². The highest BCUT2D eigenvalue weighted by atomic mass is 19.1. The summed E-state index contributed by atoms with van der Waals surface area (Å²) in [6.45, 7) is 0.489. The molecule has 0 atom stereocenters. The maximum Gasteiger partial charge on any atom is 0.123 e. The number of halogens is 2. The van der Waals surface area contributed by atoms with Crippen molar-refractivity contribution in [2.75, 3.05) is 6.54 Å². The molecule has 112 valence electrons. The Labute approximate surface area is 127 Å². The Balaban J connectivity index is 2.11. The lowest BCUT2D eigenvalue weighted by molar-refractivity contribution is 0.626. The minimum absolute atomic E-state index is 0.293. The lowest BCUT2D eigenvalue weighted by Crippen LogP contribution is -2.04. The summed E-state index contributed by atoms with van der Waals surface area (Å²) in [6, 6.07) is 14.2. The Bertz CT molecular complexity index is 699. The lowest BCUT2D eigenvalue weighted by Gasteiger charge is -2.07. The molecule has 2 N–H and O–H groups in total. The van der Waals surface area contributed by atoms with Crippen LogP contribution in [0.15, 0.2) is 54.6 Å². The van der Waals surface area contributed by atoms with E-state index in [-0.39, 0.29) is 11.6 Å². The summed E-state index contributed by atoms with van der Waals surface area (Å²) >= 11 is 0. The second-order valence-electron chi connectivity index (χ2n) is 4.95. The molecular formula is C17H15F2N3. The molecule has 0 aliphatic rings. The molecule has 3 rings (SSSR count). The highest BCUT2D eigenvalue weighted by Gasteiger charge is 2.11. The van der Waals surface area contributed by atoms with Crippen LogP contribution in [0, 0.1) is 11.6 Å². The average Bonchev–Trinajstić information content (AvgIpc) is 2.93. The summed E-state index contributed by atoms with van der Waals surface area (Å²) in [5, 5.41) is 4.52. The van der Waals surface area contributed by atoms with Gasteiger partial charge in [-0.05, 0) is 61.1 Å². The molecule has 5 heteroatoms. The molecule has 0 bridgehead atoms. The van der Waals surface area contributed by atoms with E-state index in [9.17, 15) is 8.78 Å². The van der Waals surface area contributed by atoms with Crippen LogP contribution in [0.3, 0.4) is 0 Å². The molecule has 1 heterocycles. The largest absolute Gasteiger partial charge is 0.330 e. The number of aromatic nitrogens is 2. The Morgan fingerprint density at radius 1 is 0.909 bits per heavy atom. The molecule has 0 radical (unpaired) electrons. The molecule has 3 nitrogen and oxygen atoms in total. The van der Waals surface area contributed by atoms with Gasteiger partial charge >= 0.3 is 0 Å². The van der Waals surface area contributed by atoms with Gasteiger partial charge in [-0.1, -0.05) is 0 Å². The zero-order chi connectivity index (χ0) is 15.5. The van der Waals surface area contributed by atoms with Crippen LogP contribution in [0.5, 0.6) is 0 Å². The first-order valence-corrected chi connectivity index (χ1v) is 6.98. The van der Waals surface area contributed by atoms with Crippen molar-refractivity contribution in [2.45, 2.75) is 6.42 Å². The first-order valence-electron chi connectivity index (χ1n) is 6.98. The Morgan fingerprint density at radius 2 is 1.50 bits per heavy atom. The molecule has 22 heavy (non-hydrogen) atoms. The van der Waals surface area contributed by atoms with Crippen molar-refractivity contribution in [2.24, 2.45) is 5.73 Å². The minimum atomic E-state index is -0.304. The lowest BCUT2D eigenvalue weighted by atomic mass is 10.1. The van der Waals surface area contributed by atoms with E-state index in [0.29, 0.717) is 13.0 Å². The summed E-state index contributed by atoms with van der Waals surface area (Å²) in [5.41, 5.74) is 8.82. The summed E-state index contributed by atoms with van der Waals surface area (Å²) < 4.78 is 27.9. The van der Waals surface area contributed by atoms with Gasteiger partial charge < -0.3 is 5.73 Å². The van der Waals surface area contributed by atoms with Gasteiger partial charge in [0.05, 0.1) is 17.1 Å². The van der Waals surface area contributed by atoms with Gasteiger partial charge in [0.25, 0.3) is 0 Å². The standard InChI is InChI=1S/C17H15F2N3/c18-13-3-1-12(2-4-13)17-11-15(9-10-20)21-22(17)16-7-5-14(19)6-8-16/h1-8,11H,9-10,20H2. The van der Waals surface area contributed by atoms with Crippen LogP contribution < -0.4 is 5.73 Å². The molecule has 0 saturated carbocycles. The van der Waals surface area contributed by atoms with E-state index in [1.54, 1.807) is 28.9 Å². The molecule has 0 aliphatic heterocycles. The van der Waals surface area contributed by atoms with E-state index in [1.807, 2.05) is 6.07 Å². The molecule has 3 aromatic rings. The van der Waals surface area contributed by atoms with E-state index in [4.69, 9.17) is 5.73 Å². The number of hydrogen-bond acceptors (Lipinski definition) is 2. The van der Waals surface area contributed by atoms with Crippen molar-refractivity contribution in [3.05, 3.63) is 71.9 Å². The third-order valence-corrected chi connectivity index (χ3v) is 3.37. The third kappa shape index (κ3) is 2.89. The van der Waals surface area contributed by atoms with Gasteiger partial charge in [0.2, 0.25) is 0 Å². The van der Waals surface area contributed by atoms with Crippen LogP contribution in [0.25, 0.3) is 16.9 Å². The SMILES string of the molecule is NCCc1cc(-c2ccc(F)cc2)n(-c2ccc(F)cc2)n1. The fourth-order valence-corrected chi connectivity index (χ4v) is 2.31. The number of benzene rings is 2. The van der Waals surface area contributed by atoms with Gasteiger partial charge in [0.15, 0.2) is 0 Å². The van der Waals surface area contributed by atoms with E-state index in [0.717, 1.165) is 22.6 Å². The Kier molecular flexibility index (Phi) is 3.98. The van der Waals surface area contributed by atoms with Crippen molar-refractivity contribution in [1.29, 1.82) is 0 Å². The topological polar surface area (TPSA) is 43.8 Å². The van der Waals surface area contributed by atoms with Crippen LogP contribution in [0.4, 0.5) is 8.78 Å². The summed E-state index contributed by atoms with van der Waals surface area (Å²) in [6.07, 6.45) is 0.641. The van der Waals surface area contributed by atoms with Crippen LogP contribution in [0.2, 0.25) is 0 Å². The second kappa shape index (κ2) is 6.07. The first-order chi connectivity index (χ1) is 10.7. The van der Waals surface area contributed by atoms with E-state index in [1.165, 1.54) is 24.3 Å². The molecule has 0 amide bonds. The van der Waals surface area contributed by atoms with E-state index >= 15 is 0 Å². The molecule has 0 aliphatic carbocycles. The highest BCUT2D eigenvalue weighted by Crippen LogP contribution is 2.24. The van der Waals surface area contributed by atoms with Crippen LogP contribution in [-0.4, -0.2) is 16.3 Å². The van der Waals surface area contributed by atoms with Crippen molar-refractivity contribution >= 4 is 0 Å². The normalized spacial score (nSPS) is 10.9. The predicted molar refractivity (Wildman–Crippen MR) is 81.7 cm³/mol. The van der Waals surface area contributed by atoms with Gasteiger partial charge in [0.1, 0.15) is 11.6 Å². The maximum atomic E-state index is 13.1. The molecule has 0 saturated heterocycles. The highest BCUT2D eigenvalue weighted by molar-refractivity contribution is 5.62. The van der Waals surface area contributed by atoms with Gasteiger partial charge in [-0.15, -0.1) is 0 Å². The molecule has 0 fully saturated rings. The number of nitrogens with two attached hydrogens (primary N) is 1. The molecule has 0 spiro atoms. The molecule has 1 aromatic heterocycles. The molecule has 2 aromatic carbocycles. The fourth-order valence-electron chi connectivity index (χ4n) is 2.31. The smallest absolute Gasteiger partial charge is 0.123 e. The zero-order valence-electron chi connectivity index (χ0n) is 11.8. The predicted octanol–water partition coefficient (Wildman–Crippen LogP) is 3.32. The molecule has 0 unspecified atom stereocenters. The van der Waals surface area contributed by atoms with Crippen LogP contribution >= 0.6 is 0 Å². The molecular weight excluding hydrogens is 284 g/mol. The average molecular weight is 299 g/mol. The zero-order valence-corrected chi connectivity index (χ0v) is 11.8. The third-order valence-electron chi connectivity index (χ3n) is 3.37. The summed E-state index contributed by atoms with van der Waals surface area (Å²) in [5.74, 6) is -0.597. The van der Waals surface area contributed by atoms with Crippen LogP contribution in [0.1, 0.15) is 5.69 Å². The van der Waals surface area contributed by atoms with Crippen molar-refractivity contribution < 1.29 is 8.78 Å². The van der Waals surface area contributed by atoms with E-state index in [2.05, 4.69) is 5.10 Å². The van der Waals surface area contributed by atoms with E-state index < -0.39 is 0 Å². The van der Waals surface area contributed by atoms with Gasteiger partial charge in [-0.3, -0.25) is 0 Å². The Morgan fingerprint density at radius 3 is 2.09 bits per heavy atom. The number of rotatable bonds is 4. The first kappa shape index (κ1) is 14.4. The number of hydrogen-bond donors (Lipinski definition) is 1. The summed E-state index contributed by atoms with van der Waals surface area (Å²) in [7, 11) is 0. The Hall–Kier alpha value is -2.53. The van der Waals surface area contributed by atoms with Gasteiger partial charge in [-0.2, -0.15) is 5.10 Å². The van der Waals surface area contributed by atoms with Crippen molar-refractivity contribution in [3.63, 3.8) is 0 Å². The maximum absolute atomic E-state index is 13.1. The monoisotopic (exact) mass is 299 g/mol. The number of nitrogens with zero attached hydrogens (tertiary/aromatic N) is 2. The summed E-state index contributed by atoms with van der Waals surface area (Å²) in [4.78, 5) is 0. The van der Waals surface area contributed by atoms with Crippen molar-refractivity contribution in [3.8, 4) is 16.9 Å². The fraction of sp³-hybridized carbons (Fsp3) is 0.118. The second-order valence-corrected chi connectivity index (χ2v) is 4.95. The van der Waals surface area contributed by atoms with Crippen LogP contribution in [-0.2, 0) is 6.42 Å². The quantitative estimate of drug-likeness (QED) is 0.803.